The fourth-order valence-corrected chi connectivity index (χ4v) is 1.97. The van der Waals surface area contributed by atoms with E-state index in [1.807, 2.05) is 32.0 Å². The number of nitrogen functional groups attached to an aromatic ring is 1. The SMILES string of the molecule is Cc1cc(C)cc(N(C)c2nc(N)c(F)cc2F)c1. The van der Waals surface area contributed by atoms with Gasteiger partial charge in [0.1, 0.15) is 0 Å². The molecule has 0 spiro atoms. The van der Waals surface area contributed by atoms with Gasteiger partial charge in [0.15, 0.2) is 23.3 Å². The highest BCUT2D eigenvalue weighted by Gasteiger charge is 2.15. The number of nitrogens with two attached hydrogens (primary N) is 1. The molecule has 0 unspecified atom stereocenters. The zero-order valence-corrected chi connectivity index (χ0v) is 11.0. The normalized spacial score (nSPS) is 10.6. The molecule has 0 aliphatic rings. The number of hydrogen-bond donors (Lipinski definition) is 1. The first-order valence-corrected chi connectivity index (χ1v) is 5.82. The number of nitrogens with zero attached hydrogens (tertiary/aromatic N) is 2. The van der Waals surface area contributed by atoms with Crippen LogP contribution in [0.4, 0.5) is 26.1 Å². The molecule has 1 heterocycles. The first-order chi connectivity index (χ1) is 8.88. The molecule has 0 aliphatic carbocycles. The lowest BCUT2D eigenvalue weighted by Gasteiger charge is -2.20. The monoisotopic (exact) mass is 263 g/mol. The van der Waals surface area contributed by atoms with E-state index in [-0.39, 0.29) is 11.6 Å². The van der Waals surface area contributed by atoms with Crippen molar-refractivity contribution in [2.24, 2.45) is 0 Å². The summed E-state index contributed by atoms with van der Waals surface area (Å²) in [5.74, 6) is -1.90. The van der Waals surface area contributed by atoms with Crippen molar-refractivity contribution >= 4 is 17.3 Å². The van der Waals surface area contributed by atoms with E-state index in [0.29, 0.717) is 0 Å². The largest absolute Gasteiger partial charge is 0.381 e. The fourth-order valence-electron chi connectivity index (χ4n) is 1.97. The third-order valence-corrected chi connectivity index (χ3v) is 2.85. The Kier molecular flexibility index (Phi) is 3.38. The summed E-state index contributed by atoms with van der Waals surface area (Å²) in [5.41, 5.74) is 8.27. The third kappa shape index (κ3) is 2.65. The Balaban J connectivity index is 2.49. The number of rotatable bonds is 2. The minimum absolute atomic E-state index is 0.00361. The third-order valence-electron chi connectivity index (χ3n) is 2.85. The molecule has 3 nitrogen and oxygen atoms in total. The summed E-state index contributed by atoms with van der Waals surface area (Å²) in [4.78, 5) is 5.31. The molecule has 2 aromatic rings. The lowest BCUT2D eigenvalue weighted by atomic mass is 10.1. The molecule has 0 bridgehead atoms. The Labute approximate surface area is 110 Å². The first kappa shape index (κ1) is 13.3. The minimum Gasteiger partial charge on any atom is -0.381 e. The zero-order chi connectivity index (χ0) is 14.2. The maximum absolute atomic E-state index is 13.8. The molecule has 0 saturated carbocycles. The summed E-state index contributed by atoms with van der Waals surface area (Å²) < 4.78 is 26.9. The number of halogens is 2. The number of aryl methyl sites for hydroxylation is 2. The van der Waals surface area contributed by atoms with Crippen LogP contribution in [-0.2, 0) is 0 Å². The minimum atomic E-state index is -0.852. The van der Waals surface area contributed by atoms with Crippen LogP contribution >= 0.6 is 0 Å². The maximum atomic E-state index is 13.8. The van der Waals surface area contributed by atoms with Gasteiger partial charge >= 0.3 is 0 Å². The Hall–Kier alpha value is -2.17. The van der Waals surface area contributed by atoms with Crippen LogP contribution in [-0.4, -0.2) is 12.0 Å². The number of anilines is 3. The highest BCUT2D eigenvalue weighted by molar-refractivity contribution is 5.62. The quantitative estimate of drug-likeness (QED) is 0.903. The van der Waals surface area contributed by atoms with E-state index in [1.165, 1.54) is 0 Å². The smallest absolute Gasteiger partial charge is 0.171 e. The van der Waals surface area contributed by atoms with Crippen molar-refractivity contribution in [3.8, 4) is 0 Å². The van der Waals surface area contributed by atoms with Crippen LogP contribution in [0.5, 0.6) is 0 Å². The van der Waals surface area contributed by atoms with Gasteiger partial charge in [-0.2, -0.15) is 0 Å². The van der Waals surface area contributed by atoms with E-state index in [4.69, 9.17) is 5.73 Å². The van der Waals surface area contributed by atoms with Crippen LogP contribution in [0.1, 0.15) is 11.1 Å². The lowest BCUT2D eigenvalue weighted by molar-refractivity contribution is 0.577. The molecule has 19 heavy (non-hydrogen) atoms. The summed E-state index contributed by atoms with van der Waals surface area (Å²) in [5, 5.41) is 0. The molecule has 0 aliphatic heterocycles. The average Bonchev–Trinajstić information content (AvgIpc) is 2.31. The Morgan fingerprint density at radius 3 is 2.16 bits per heavy atom. The lowest BCUT2D eigenvalue weighted by Crippen LogP contribution is -2.15. The first-order valence-electron chi connectivity index (χ1n) is 5.82. The summed E-state index contributed by atoms with van der Waals surface area (Å²) in [6.07, 6.45) is 0. The van der Waals surface area contributed by atoms with Gasteiger partial charge in [0.05, 0.1) is 0 Å². The van der Waals surface area contributed by atoms with E-state index >= 15 is 0 Å². The summed E-state index contributed by atoms with van der Waals surface area (Å²) in [6, 6.07) is 6.55. The number of benzene rings is 1. The molecular weight excluding hydrogens is 248 g/mol. The Morgan fingerprint density at radius 2 is 1.58 bits per heavy atom. The van der Waals surface area contributed by atoms with Gasteiger partial charge in [0.2, 0.25) is 0 Å². The molecule has 1 aromatic heterocycles. The Bertz CT molecular complexity index is 606. The molecule has 0 atom stereocenters. The second-order valence-corrected chi connectivity index (χ2v) is 4.57. The molecule has 0 fully saturated rings. The molecule has 100 valence electrons. The fraction of sp³-hybridized carbons (Fsp3) is 0.214. The zero-order valence-electron chi connectivity index (χ0n) is 11.0. The van der Waals surface area contributed by atoms with Crippen LogP contribution in [0.2, 0.25) is 0 Å². The standard InChI is InChI=1S/C14H15F2N3/c1-8-4-9(2)6-10(5-8)19(3)14-12(16)7-11(15)13(17)18-14/h4-7H,1-3H3,(H2,17,18). The van der Waals surface area contributed by atoms with Gasteiger partial charge in [-0.05, 0) is 37.1 Å². The van der Waals surface area contributed by atoms with Gasteiger partial charge in [0, 0.05) is 18.8 Å². The summed E-state index contributed by atoms with van der Waals surface area (Å²) in [6.45, 7) is 3.90. The predicted octanol–water partition coefficient (Wildman–Crippen LogP) is 3.33. The highest BCUT2D eigenvalue weighted by atomic mass is 19.1. The van der Waals surface area contributed by atoms with Crippen LogP contribution in [0.3, 0.4) is 0 Å². The van der Waals surface area contributed by atoms with Gasteiger partial charge in [-0.15, -0.1) is 0 Å². The van der Waals surface area contributed by atoms with Gasteiger partial charge in [0.25, 0.3) is 0 Å². The average molecular weight is 263 g/mol. The van der Waals surface area contributed by atoms with Crippen LogP contribution in [0.15, 0.2) is 24.3 Å². The van der Waals surface area contributed by atoms with Gasteiger partial charge in [-0.3, -0.25) is 0 Å². The van der Waals surface area contributed by atoms with Crippen molar-refractivity contribution in [3.63, 3.8) is 0 Å². The molecule has 2 N–H and O–H groups in total. The summed E-state index contributed by atoms with van der Waals surface area (Å²) in [7, 11) is 1.66. The predicted molar refractivity (Wildman–Crippen MR) is 72.5 cm³/mol. The van der Waals surface area contributed by atoms with Crippen molar-refractivity contribution in [2.45, 2.75) is 13.8 Å². The number of aromatic nitrogens is 1. The Morgan fingerprint density at radius 1 is 1.00 bits per heavy atom. The van der Waals surface area contributed by atoms with E-state index in [1.54, 1.807) is 11.9 Å². The van der Waals surface area contributed by atoms with E-state index in [0.717, 1.165) is 22.9 Å². The van der Waals surface area contributed by atoms with E-state index in [9.17, 15) is 8.78 Å². The molecular formula is C14H15F2N3. The van der Waals surface area contributed by atoms with Gasteiger partial charge in [-0.1, -0.05) is 6.07 Å². The molecule has 0 amide bonds. The molecule has 1 aromatic carbocycles. The maximum Gasteiger partial charge on any atom is 0.171 e. The number of pyridine rings is 1. The van der Waals surface area contributed by atoms with E-state index in [2.05, 4.69) is 4.98 Å². The van der Waals surface area contributed by atoms with Gasteiger partial charge < -0.3 is 10.6 Å². The van der Waals surface area contributed by atoms with Crippen LogP contribution in [0.25, 0.3) is 0 Å². The second kappa shape index (κ2) is 4.84. The van der Waals surface area contributed by atoms with Crippen LogP contribution in [0, 0.1) is 25.5 Å². The van der Waals surface area contributed by atoms with E-state index < -0.39 is 11.6 Å². The van der Waals surface area contributed by atoms with Gasteiger partial charge in [-0.25, -0.2) is 13.8 Å². The van der Waals surface area contributed by atoms with Crippen LogP contribution < -0.4 is 10.6 Å². The number of hydrogen-bond acceptors (Lipinski definition) is 3. The second-order valence-electron chi connectivity index (χ2n) is 4.57. The molecule has 5 heteroatoms. The van der Waals surface area contributed by atoms with Crippen molar-refractivity contribution in [3.05, 3.63) is 47.0 Å². The molecule has 0 saturated heterocycles. The topological polar surface area (TPSA) is 42.2 Å². The highest BCUT2D eigenvalue weighted by Crippen LogP contribution is 2.27. The van der Waals surface area contributed by atoms with Crippen molar-refractivity contribution in [2.75, 3.05) is 17.7 Å². The van der Waals surface area contributed by atoms with Crippen molar-refractivity contribution in [1.82, 2.24) is 4.98 Å². The summed E-state index contributed by atoms with van der Waals surface area (Å²) >= 11 is 0. The van der Waals surface area contributed by atoms with Crippen molar-refractivity contribution < 1.29 is 8.78 Å². The molecule has 2 rings (SSSR count). The van der Waals surface area contributed by atoms with Crippen molar-refractivity contribution in [1.29, 1.82) is 0 Å². The molecule has 0 radical (unpaired) electrons.